The van der Waals surface area contributed by atoms with Gasteiger partial charge in [-0.15, -0.1) is 0 Å². The molecule has 1 aromatic heterocycles. The summed E-state index contributed by atoms with van der Waals surface area (Å²) in [5.41, 5.74) is 3.47. The lowest BCUT2D eigenvalue weighted by atomic mass is 10.1. The minimum absolute atomic E-state index is 0.905. The number of aromatic nitrogens is 1. The van der Waals surface area contributed by atoms with E-state index in [2.05, 4.69) is 34.6 Å². The Hall–Kier alpha value is -1.67. The maximum Gasteiger partial charge on any atom is 0.0701 e. The van der Waals surface area contributed by atoms with Gasteiger partial charge in [0.1, 0.15) is 0 Å². The molecule has 0 saturated heterocycles. The topological polar surface area (TPSA) is 24.9 Å². The van der Waals surface area contributed by atoms with Crippen molar-refractivity contribution < 1.29 is 0 Å². The molecule has 2 rings (SSSR count). The molecule has 0 atom stereocenters. The van der Waals surface area contributed by atoms with E-state index in [1.165, 1.54) is 5.56 Å². The number of nitrogens with zero attached hydrogens (tertiary/aromatic N) is 1. The lowest BCUT2D eigenvalue weighted by molar-refractivity contribution is 0.818. The van der Waals surface area contributed by atoms with Gasteiger partial charge in [-0.3, -0.25) is 4.98 Å². The first-order chi connectivity index (χ1) is 7.40. The zero-order valence-corrected chi connectivity index (χ0v) is 8.77. The monoisotopic (exact) mass is 198 g/mol. The highest BCUT2D eigenvalue weighted by Gasteiger charge is 1.97. The quantitative estimate of drug-likeness (QED) is 0.819. The van der Waals surface area contributed by atoms with Crippen LogP contribution in [0.4, 0.5) is 0 Å². The Balaban J connectivity index is 2.24. The lowest BCUT2D eigenvalue weighted by Crippen LogP contribution is -2.04. The summed E-state index contributed by atoms with van der Waals surface area (Å²) in [4.78, 5) is 4.31. The van der Waals surface area contributed by atoms with E-state index < -0.39 is 0 Å². The van der Waals surface area contributed by atoms with Gasteiger partial charge in [-0.25, -0.2) is 0 Å². The highest BCUT2D eigenvalue weighted by molar-refractivity contribution is 5.58. The average molecular weight is 198 g/mol. The smallest absolute Gasteiger partial charge is 0.0701 e. The Morgan fingerprint density at radius 1 is 1.07 bits per heavy atom. The van der Waals surface area contributed by atoms with Crippen LogP contribution >= 0.6 is 0 Å². The third-order valence-corrected chi connectivity index (χ3v) is 2.30. The summed E-state index contributed by atoms with van der Waals surface area (Å²) >= 11 is 0. The van der Waals surface area contributed by atoms with Crippen LogP contribution in [0.15, 0.2) is 48.7 Å². The number of hydrogen-bond donors (Lipinski definition) is 1. The van der Waals surface area contributed by atoms with E-state index >= 15 is 0 Å². The Morgan fingerprint density at radius 3 is 2.47 bits per heavy atom. The van der Waals surface area contributed by atoms with Crippen LogP contribution in [0, 0.1) is 0 Å². The fourth-order valence-corrected chi connectivity index (χ4v) is 1.53. The van der Waals surface area contributed by atoms with E-state index in [1.54, 1.807) is 0 Å². The van der Waals surface area contributed by atoms with Crippen molar-refractivity contribution in [2.75, 3.05) is 7.05 Å². The number of hydrogen-bond acceptors (Lipinski definition) is 2. The van der Waals surface area contributed by atoms with E-state index in [-0.39, 0.29) is 0 Å². The number of pyridine rings is 1. The van der Waals surface area contributed by atoms with Crippen molar-refractivity contribution in [2.45, 2.75) is 6.54 Å². The number of nitrogens with one attached hydrogen (secondary N) is 1. The van der Waals surface area contributed by atoms with Gasteiger partial charge in [0.15, 0.2) is 0 Å². The molecule has 0 spiro atoms. The van der Waals surface area contributed by atoms with Gasteiger partial charge < -0.3 is 5.32 Å². The first-order valence-electron chi connectivity index (χ1n) is 5.05. The van der Waals surface area contributed by atoms with Crippen LogP contribution < -0.4 is 5.32 Å². The van der Waals surface area contributed by atoms with E-state index in [1.807, 2.05) is 31.4 Å². The van der Waals surface area contributed by atoms with Crippen molar-refractivity contribution >= 4 is 0 Å². The van der Waals surface area contributed by atoms with Crippen molar-refractivity contribution in [3.05, 3.63) is 54.2 Å². The first kappa shape index (κ1) is 9.87. The molecule has 0 bridgehead atoms. The average Bonchev–Trinajstić information content (AvgIpc) is 2.32. The second kappa shape index (κ2) is 4.71. The Bertz CT molecular complexity index is 406. The predicted octanol–water partition coefficient (Wildman–Crippen LogP) is 2.47. The molecule has 15 heavy (non-hydrogen) atoms. The summed E-state index contributed by atoms with van der Waals surface area (Å²) in [6, 6.07) is 14.4. The van der Waals surface area contributed by atoms with Gasteiger partial charge >= 0.3 is 0 Å². The van der Waals surface area contributed by atoms with E-state index in [0.29, 0.717) is 0 Å². The van der Waals surface area contributed by atoms with Gasteiger partial charge in [0.25, 0.3) is 0 Å². The summed E-state index contributed by atoms with van der Waals surface area (Å²) in [6.45, 7) is 0.905. The molecule has 0 radical (unpaired) electrons. The van der Waals surface area contributed by atoms with Crippen LogP contribution in [0.5, 0.6) is 0 Å². The van der Waals surface area contributed by atoms with Crippen LogP contribution in [0.3, 0.4) is 0 Å². The van der Waals surface area contributed by atoms with Crippen molar-refractivity contribution in [2.24, 2.45) is 0 Å². The maximum absolute atomic E-state index is 4.31. The second-order valence-corrected chi connectivity index (χ2v) is 3.44. The maximum atomic E-state index is 4.31. The van der Waals surface area contributed by atoms with Gasteiger partial charge in [-0.2, -0.15) is 0 Å². The van der Waals surface area contributed by atoms with Gasteiger partial charge in [0.2, 0.25) is 0 Å². The number of benzene rings is 1. The summed E-state index contributed by atoms with van der Waals surface area (Å²) in [7, 11) is 1.95. The van der Waals surface area contributed by atoms with Crippen molar-refractivity contribution in [1.82, 2.24) is 10.3 Å². The molecule has 2 heteroatoms. The van der Waals surface area contributed by atoms with Gasteiger partial charge in [-0.05, 0) is 24.7 Å². The van der Waals surface area contributed by atoms with E-state index in [0.717, 1.165) is 17.8 Å². The molecule has 1 heterocycles. The molecule has 76 valence electrons. The molecule has 0 amide bonds. The van der Waals surface area contributed by atoms with Gasteiger partial charge in [0, 0.05) is 18.3 Å². The minimum Gasteiger partial charge on any atom is -0.316 e. The van der Waals surface area contributed by atoms with E-state index in [4.69, 9.17) is 0 Å². The Morgan fingerprint density at radius 2 is 1.87 bits per heavy atom. The second-order valence-electron chi connectivity index (χ2n) is 3.44. The molecule has 0 unspecified atom stereocenters. The number of rotatable bonds is 3. The Kier molecular flexibility index (Phi) is 3.10. The molecule has 0 aliphatic rings. The van der Waals surface area contributed by atoms with Crippen molar-refractivity contribution in [3.63, 3.8) is 0 Å². The van der Waals surface area contributed by atoms with Crippen molar-refractivity contribution in [1.29, 1.82) is 0 Å². The van der Waals surface area contributed by atoms with Crippen LogP contribution in [0.2, 0.25) is 0 Å². The highest BCUT2D eigenvalue weighted by Crippen LogP contribution is 2.16. The molecule has 2 aromatic rings. The van der Waals surface area contributed by atoms with Crippen LogP contribution in [0.1, 0.15) is 5.56 Å². The van der Waals surface area contributed by atoms with Gasteiger partial charge in [-0.1, -0.05) is 30.3 Å². The predicted molar refractivity (Wildman–Crippen MR) is 62.4 cm³/mol. The van der Waals surface area contributed by atoms with Crippen LogP contribution in [-0.4, -0.2) is 12.0 Å². The standard InChI is InChI=1S/C13H14N2/c1-14-10-11-5-7-12(8-6-11)13-4-2-3-9-15-13/h2-9,14H,10H2,1H3. The molecule has 1 aromatic carbocycles. The molecular formula is C13H14N2. The molecule has 0 aliphatic heterocycles. The molecule has 1 N–H and O–H groups in total. The molecule has 2 nitrogen and oxygen atoms in total. The SMILES string of the molecule is CNCc1ccc(-c2ccccn2)cc1. The third-order valence-electron chi connectivity index (χ3n) is 2.30. The third kappa shape index (κ3) is 2.42. The highest BCUT2D eigenvalue weighted by atomic mass is 14.8. The zero-order chi connectivity index (χ0) is 10.5. The molecule has 0 saturated carbocycles. The largest absolute Gasteiger partial charge is 0.316 e. The fraction of sp³-hybridized carbons (Fsp3) is 0.154. The fourth-order valence-electron chi connectivity index (χ4n) is 1.53. The van der Waals surface area contributed by atoms with E-state index in [9.17, 15) is 0 Å². The summed E-state index contributed by atoms with van der Waals surface area (Å²) in [5, 5.41) is 3.13. The normalized spacial score (nSPS) is 10.2. The zero-order valence-electron chi connectivity index (χ0n) is 8.77. The molecule has 0 fully saturated rings. The van der Waals surface area contributed by atoms with Crippen molar-refractivity contribution in [3.8, 4) is 11.3 Å². The summed E-state index contributed by atoms with van der Waals surface area (Å²) in [6.07, 6.45) is 1.82. The molecule has 0 aliphatic carbocycles. The van der Waals surface area contributed by atoms with Crippen LogP contribution in [-0.2, 0) is 6.54 Å². The Labute approximate surface area is 90.0 Å². The molecular weight excluding hydrogens is 184 g/mol. The summed E-state index contributed by atoms with van der Waals surface area (Å²) < 4.78 is 0. The summed E-state index contributed by atoms with van der Waals surface area (Å²) in [5.74, 6) is 0. The first-order valence-corrected chi connectivity index (χ1v) is 5.05. The van der Waals surface area contributed by atoms with Gasteiger partial charge in [0.05, 0.1) is 5.69 Å². The minimum atomic E-state index is 0.905. The lowest BCUT2D eigenvalue weighted by Gasteiger charge is -2.02. The van der Waals surface area contributed by atoms with Crippen LogP contribution in [0.25, 0.3) is 11.3 Å².